The van der Waals surface area contributed by atoms with E-state index in [1.165, 1.54) is 0 Å². The van der Waals surface area contributed by atoms with Crippen molar-refractivity contribution in [2.45, 2.75) is 37.9 Å². The number of benzene rings is 1. The highest BCUT2D eigenvalue weighted by Gasteiger charge is 2.39. The van der Waals surface area contributed by atoms with Crippen molar-refractivity contribution in [1.82, 2.24) is 15.5 Å². The molecule has 2 N–H and O–H groups in total. The molecule has 0 bridgehead atoms. The Hall–Kier alpha value is -2.04. The van der Waals surface area contributed by atoms with Crippen molar-refractivity contribution >= 4 is 11.9 Å². The molecule has 3 amide bonds. The van der Waals surface area contributed by atoms with Gasteiger partial charge in [-0.2, -0.15) is 0 Å². The minimum absolute atomic E-state index is 0.0566. The van der Waals surface area contributed by atoms with E-state index >= 15 is 0 Å². The summed E-state index contributed by atoms with van der Waals surface area (Å²) in [5.74, 6) is 0.167. The van der Waals surface area contributed by atoms with Crippen molar-refractivity contribution in [3.63, 3.8) is 0 Å². The first-order chi connectivity index (χ1) is 9.72. The van der Waals surface area contributed by atoms with Gasteiger partial charge in [0, 0.05) is 25.6 Å². The average Bonchev–Trinajstić information content (AvgIpc) is 3.22. The second-order valence-electron chi connectivity index (χ2n) is 5.49. The molecule has 0 spiro atoms. The number of likely N-dealkylation sites (tertiary alicyclic amines) is 1. The molecular weight excluding hydrogens is 254 g/mol. The SMILES string of the molecule is O=C(NCc1ccccc1)N[C@@H]1CC(=O)N(C2CC2)C1. The Kier molecular flexibility index (Phi) is 3.58. The Labute approximate surface area is 118 Å². The lowest BCUT2D eigenvalue weighted by Crippen LogP contribution is -2.43. The summed E-state index contributed by atoms with van der Waals surface area (Å²) in [6.07, 6.45) is 2.65. The molecule has 0 aromatic heterocycles. The molecule has 1 saturated carbocycles. The monoisotopic (exact) mass is 273 g/mol. The van der Waals surface area contributed by atoms with Crippen LogP contribution in [-0.2, 0) is 11.3 Å². The van der Waals surface area contributed by atoms with Crippen LogP contribution in [0.2, 0.25) is 0 Å². The molecule has 1 aromatic carbocycles. The van der Waals surface area contributed by atoms with Crippen LogP contribution >= 0.6 is 0 Å². The molecular formula is C15H19N3O2. The highest BCUT2D eigenvalue weighted by Crippen LogP contribution is 2.30. The third-order valence-corrected chi connectivity index (χ3v) is 3.78. The largest absolute Gasteiger partial charge is 0.338 e. The molecule has 20 heavy (non-hydrogen) atoms. The molecule has 5 heteroatoms. The molecule has 1 aliphatic heterocycles. The number of urea groups is 1. The van der Waals surface area contributed by atoms with Gasteiger partial charge in [-0.1, -0.05) is 30.3 Å². The lowest BCUT2D eigenvalue weighted by atomic mass is 10.2. The predicted molar refractivity (Wildman–Crippen MR) is 75.0 cm³/mol. The number of carbonyl (C=O) groups excluding carboxylic acids is 2. The fraction of sp³-hybridized carbons (Fsp3) is 0.467. The number of hydrogen-bond acceptors (Lipinski definition) is 2. The lowest BCUT2D eigenvalue weighted by molar-refractivity contribution is -0.128. The van der Waals surface area contributed by atoms with E-state index in [1.54, 1.807) is 0 Å². The molecule has 2 aliphatic rings. The lowest BCUT2D eigenvalue weighted by Gasteiger charge is -2.16. The summed E-state index contributed by atoms with van der Waals surface area (Å²) in [4.78, 5) is 25.5. The van der Waals surface area contributed by atoms with Crippen LogP contribution in [0.25, 0.3) is 0 Å². The van der Waals surface area contributed by atoms with E-state index in [1.807, 2.05) is 35.2 Å². The molecule has 5 nitrogen and oxygen atoms in total. The summed E-state index contributed by atoms with van der Waals surface area (Å²) >= 11 is 0. The zero-order valence-corrected chi connectivity index (χ0v) is 11.3. The summed E-state index contributed by atoms with van der Waals surface area (Å²) in [5.41, 5.74) is 1.06. The molecule has 3 rings (SSSR count). The topological polar surface area (TPSA) is 61.4 Å². The Balaban J connectivity index is 1.44. The van der Waals surface area contributed by atoms with Crippen molar-refractivity contribution in [1.29, 1.82) is 0 Å². The summed E-state index contributed by atoms with van der Waals surface area (Å²) < 4.78 is 0. The van der Waals surface area contributed by atoms with Gasteiger partial charge in [0.25, 0.3) is 0 Å². The summed E-state index contributed by atoms with van der Waals surface area (Å²) in [6, 6.07) is 9.93. The van der Waals surface area contributed by atoms with E-state index in [4.69, 9.17) is 0 Å². The van der Waals surface area contributed by atoms with Crippen molar-refractivity contribution in [2.24, 2.45) is 0 Å². The Morgan fingerprint density at radius 3 is 2.70 bits per heavy atom. The van der Waals surface area contributed by atoms with Crippen LogP contribution in [0, 0.1) is 0 Å². The molecule has 0 radical (unpaired) electrons. The fourth-order valence-electron chi connectivity index (χ4n) is 2.58. The first-order valence-electron chi connectivity index (χ1n) is 7.10. The van der Waals surface area contributed by atoms with Gasteiger partial charge in [0.05, 0.1) is 6.04 Å². The van der Waals surface area contributed by atoms with Crippen LogP contribution in [0.5, 0.6) is 0 Å². The minimum Gasteiger partial charge on any atom is -0.338 e. The molecule has 1 aromatic rings. The van der Waals surface area contributed by atoms with Gasteiger partial charge in [-0.15, -0.1) is 0 Å². The van der Waals surface area contributed by atoms with Crippen molar-refractivity contribution in [2.75, 3.05) is 6.54 Å². The summed E-state index contributed by atoms with van der Waals surface area (Å²) in [7, 11) is 0. The zero-order chi connectivity index (χ0) is 13.9. The smallest absolute Gasteiger partial charge is 0.315 e. The van der Waals surface area contributed by atoms with Gasteiger partial charge in [0.2, 0.25) is 5.91 Å². The molecule has 1 atom stereocenters. The second kappa shape index (κ2) is 5.53. The van der Waals surface area contributed by atoms with Gasteiger partial charge in [-0.05, 0) is 18.4 Å². The van der Waals surface area contributed by atoms with Crippen LogP contribution in [0.4, 0.5) is 4.79 Å². The maximum absolute atomic E-state index is 11.8. The maximum Gasteiger partial charge on any atom is 0.315 e. The van der Waals surface area contributed by atoms with Crippen LogP contribution in [-0.4, -0.2) is 35.5 Å². The number of amides is 3. The zero-order valence-electron chi connectivity index (χ0n) is 11.3. The van der Waals surface area contributed by atoms with E-state index in [0.29, 0.717) is 25.6 Å². The molecule has 1 saturated heterocycles. The van der Waals surface area contributed by atoms with E-state index in [-0.39, 0.29) is 18.0 Å². The van der Waals surface area contributed by atoms with Gasteiger partial charge in [-0.3, -0.25) is 4.79 Å². The second-order valence-corrected chi connectivity index (χ2v) is 5.49. The molecule has 0 unspecified atom stereocenters. The first kappa shape index (κ1) is 13.0. The highest BCUT2D eigenvalue weighted by atomic mass is 16.2. The van der Waals surface area contributed by atoms with Crippen LogP contribution in [0.15, 0.2) is 30.3 Å². The van der Waals surface area contributed by atoms with Gasteiger partial charge < -0.3 is 15.5 Å². The fourth-order valence-corrected chi connectivity index (χ4v) is 2.58. The molecule has 2 fully saturated rings. The van der Waals surface area contributed by atoms with Crippen LogP contribution < -0.4 is 10.6 Å². The Morgan fingerprint density at radius 2 is 2.00 bits per heavy atom. The number of nitrogens with one attached hydrogen (secondary N) is 2. The van der Waals surface area contributed by atoms with E-state index < -0.39 is 0 Å². The number of carbonyl (C=O) groups is 2. The number of rotatable bonds is 4. The normalized spacial score (nSPS) is 21.9. The van der Waals surface area contributed by atoms with Crippen molar-refractivity contribution < 1.29 is 9.59 Å². The quantitative estimate of drug-likeness (QED) is 0.867. The molecule has 1 aliphatic carbocycles. The summed E-state index contributed by atoms with van der Waals surface area (Å²) in [6.45, 7) is 1.15. The van der Waals surface area contributed by atoms with E-state index in [2.05, 4.69) is 10.6 Å². The third kappa shape index (κ3) is 3.10. The highest BCUT2D eigenvalue weighted by molar-refractivity contribution is 5.82. The molecule has 1 heterocycles. The van der Waals surface area contributed by atoms with Gasteiger partial charge in [0.1, 0.15) is 0 Å². The van der Waals surface area contributed by atoms with Gasteiger partial charge in [0.15, 0.2) is 0 Å². The maximum atomic E-state index is 11.8. The number of hydrogen-bond donors (Lipinski definition) is 2. The van der Waals surface area contributed by atoms with Crippen LogP contribution in [0.3, 0.4) is 0 Å². The standard InChI is InChI=1S/C15H19N3O2/c19-14-8-12(10-18(14)13-6-7-13)17-15(20)16-9-11-4-2-1-3-5-11/h1-5,12-13H,6-10H2,(H2,16,17,20)/t12-/m1/s1. The van der Waals surface area contributed by atoms with E-state index in [9.17, 15) is 9.59 Å². The van der Waals surface area contributed by atoms with Gasteiger partial charge >= 0.3 is 6.03 Å². The summed E-state index contributed by atoms with van der Waals surface area (Å²) in [5, 5.41) is 5.70. The Bertz CT molecular complexity index is 499. The van der Waals surface area contributed by atoms with E-state index in [0.717, 1.165) is 18.4 Å². The molecule has 106 valence electrons. The Morgan fingerprint density at radius 1 is 1.25 bits per heavy atom. The first-order valence-corrected chi connectivity index (χ1v) is 7.10. The van der Waals surface area contributed by atoms with Crippen molar-refractivity contribution in [3.05, 3.63) is 35.9 Å². The predicted octanol–water partition coefficient (Wildman–Crippen LogP) is 1.25. The van der Waals surface area contributed by atoms with Crippen LogP contribution in [0.1, 0.15) is 24.8 Å². The average molecular weight is 273 g/mol. The number of nitrogens with zero attached hydrogens (tertiary/aromatic N) is 1. The van der Waals surface area contributed by atoms with Crippen molar-refractivity contribution in [3.8, 4) is 0 Å². The van der Waals surface area contributed by atoms with Gasteiger partial charge in [-0.25, -0.2) is 4.79 Å². The third-order valence-electron chi connectivity index (χ3n) is 3.78. The minimum atomic E-state index is -0.204.